The second-order valence-electron chi connectivity index (χ2n) is 3.60. The Morgan fingerprint density at radius 2 is 2.15 bits per heavy atom. The number of nitro benzene ring substituents is 1. The molecule has 0 aliphatic heterocycles. The maximum absolute atomic E-state index is 11.8. The smallest absolute Gasteiger partial charge is 0.345 e. The molecule has 20 heavy (non-hydrogen) atoms. The van der Waals surface area contributed by atoms with Crippen molar-refractivity contribution < 1.29 is 23.9 Å². The number of ether oxygens (including phenoxy) is 3. The van der Waals surface area contributed by atoms with Crippen molar-refractivity contribution in [1.82, 2.24) is 0 Å². The number of nitrogens with zero attached hydrogens (tertiary/aromatic N) is 1. The van der Waals surface area contributed by atoms with E-state index in [1.165, 1.54) is 19.3 Å². The lowest BCUT2D eigenvalue weighted by Gasteiger charge is -2.11. The summed E-state index contributed by atoms with van der Waals surface area (Å²) in [5, 5.41) is 11.0. The molecule has 1 aromatic rings. The van der Waals surface area contributed by atoms with Crippen LogP contribution >= 0.6 is 0 Å². The monoisotopic (exact) mass is 281 g/mol. The molecule has 108 valence electrons. The van der Waals surface area contributed by atoms with E-state index in [-0.39, 0.29) is 23.7 Å². The maximum atomic E-state index is 11.8. The summed E-state index contributed by atoms with van der Waals surface area (Å²) >= 11 is 0. The first-order valence-corrected chi connectivity index (χ1v) is 5.82. The highest BCUT2D eigenvalue weighted by atomic mass is 16.6. The van der Waals surface area contributed by atoms with Crippen LogP contribution in [0.15, 0.2) is 24.8 Å². The highest BCUT2D eigenvalue weighted by Gasteiger charge is 2.25. The number of hydrogen-bond donors (Lipinski definition) is 0. The van der Waals surface area contributed by atoms with Gasteiger partial charge in [0.15, 0.2) is 11.5 Å². The highest BCUT2D eigenvalue weighted by Crippen LogP contribution is 2.35. The Morgan fingerprint density at radius 1 is 1.45 bits per heavy atom. The van der Waals surface area contributed by atoms with Crippen molar-refractivity contribution in [2.75, 3.05) is 20.3 Å². The molecule has 0 spiro atoms. The zero-order valence-electron chi connectivity index (χ0n) is 11.3. The van der Waals surface area contributed by atoms with E-state index >= 15 is 0 Å². The molecule has 0 amide bonds. The van der Waals surface area contributed by atoms with Gasteiger partial charge < -0.3 is 14.2 Å². The number of hydrogen-bond acceptors (Lipinski definition) is 6. The van der Waals surface area contributed by atoms with Gasteiger partial charge >= 0.3 is 5.97 Å². The van der Waals surface area contributed by atoms with Gasteiger partial charge in [0.25, 0.3) is 5.69 Å². The molecule has 0 aromatic heterocycles. The van der Waals surface area contributed by atoms with E-state index in [0.717, 1.165) is 6.07 Å². The summed E-state index contributed by atoms with van der Waals surface area (Å²) in [7, 11) is 1.38. The summed E-state index contributed by atoms with van der Waals surface area (Å²) in [5.74, 6) is -0.400. The summed E-state index contributed by atoms with van der Waals surface area (Å²) in [5.41, 5.74) is -0.597. The fourth-order valence-electron chi connectivity index (χ4n) is 1.50. The topological polar surface area (TPSA) is 87.9 Å². The van der Waals surface area contributed by atoms with E-state index in [1.54, 1.807) is 6.92 Å². The molecule has 1 aromatic carbocycles. The van der Waals surface area contributed by atoms with E-state index in [0.29, 0.717) is 6.61 Å². The van der Waals surface area contributed by atoms with Crippen molar-refractivity contribution in [2.45, 2.75) is 6.92 Å². The number of rotatable bonds is 7. The number of esters is 1. The van der Waals surface area contributed by atoms with Crippen molar-refractivity contribution in [3.8, 4) is 11.5 Å². The SMILES string of the molecule is C=CCOC(=O)c1cc(OC)c(OCC)cc1[N+](=O)[O-]. The van der Waals surface area contributed by atoms with Crippen molar-refractivity contribution in [1.29, 1.82) is 0 Å². The summed E-state index contributed by atoms with van der Waals surface area (Å²) < 4.78 is 15.1. The van der Waals surface area contributed by atoms with Crippen molar-refractivity contribution in [2.24, 2.45) is 0 Å². The van der Waals surface area contributed by atoms with Gasteiger partial charge in [0, 0.05) is 6.07 Å². The second kappa shape index (κ2) is 7.13. The molecule has 0 bridgehead atoms. The zero-order valence-corrected chi connectivity index (χ0v) is 11.3. The van der Waals surface area contributed by atoms with E-state index in [4.69, 9.17) is 14.2 Å². The predicted molar refractivity (Wildman–Crippen MR) is 71.3 cm³/mol. The molecule has 0 N–H and O–H groups in total. The molecule has 0 aliphatic carbocycles. The van der Waals surface area contributed by atoms with Crippen molar-refractivity contribution >= 4 is 11.7 Å². The molecule has 1 rings (SSSR count). The molecule has 0 saturated heterocycles. The van der Waals surface area contributed by atoms with Crippen LogP contribution in [0.25, 0.3) is 0 Å². The van der Waals surface area contributed by atoms with Gasteiger partial charge in [-0.05, 0) is 6.92 Å². The van der Waals surface area contributed by atoms with Gasteiger partial charge in [-0.3, -0.25) is 10.1 Å². The molecule has 0 saturated carbocycles. The largest absolute Gasteiger partial charge is 0.493 e. The van der Waals surface area contributed by atoms with Crippen LogP contribution in [0.2, 0.25) is 0 Å². The van der Waals surface area contributed by atoms with Crippen LogP contribution in [0.4, 0.5) is 5.69 Å². The van der Waals surface area contributed by atoms with E-state index in [1.807, 2.05) is 0 Å². The third-order valence-electron chi connectivity index (χ3n) is 2.33. The lowest BCUT2D eigenvalue weighted by atomic mass is 10.1. The molecule has 0 heterocycles. The van der Waals surface area contributed by atoms with Gasteiger partial charge in [-0.15, -0.1) is 0 Å². The number of benzene rings is 1. The lowest BCUT2D eigenvalue weighted by Crippen LogP contribution is -2.09. The summed E-state index contributed by atoms with van der Waals surface area (Å²) in [6.07, 6.45) is 1.37. The average Bonchev–Trinajstić information content (AvgIpc) is 2.44. The van der Waals surface area contributed by atoms with Crippen LogP contribution in [-0.4, -0.2) is 31.2 Å². The van der Waals surface area contributed by atoms with Crippen LogP contribution in [0, 0.1) is 10.1 Å². The number of carbonyl (C=O) groups is 1. The third-order valence-corrected chi connectivity index (χ3v) is 2.33. The Bertz CT molecular complexity index is 526. The second-order valence-corrected chi connectivity index (χ2v) is 3.60. The zero-order chi connectivity index (χ0) is 15.1. The van der Waals surface area contributed by atoms with E-state index in [9.17, 15) is 14.9 Å². The molecule has 0 fully saturated rings. The molecule has 0 aliphatic rings. The Hall–Kier alpha value is -2.57. The Balaban J connectivity index is 3.30. The molecular formula is C13H15NO6. The molecule has 7 heteroatoms. The molecular weight excluding hydrogens is 266 g/mol. The minimum absolute atomic E-state index is 0.0362. The standard InChI is InChI=1S/C13H15NO6/c1-4-6-20-13(15)9-7-11(18-3)12(19-5-2)8-10(9)14(16)17/h4,7-8H,1,5-6H2,2-3H3. The molecule has 7 nitrogen and oxygen atoms in total. The normalized spacial score (nSPS) is 9.70. The first kappa shape index (κ1) is 15.5. The van der Waals surface area contributed by atoms with Crippen LogP contribution < -0.4 is 9.47 Å². The van der Waals surface area contributed by atoms with Crippen LogP contribution in [0.1, 0.15) is 17.3 Å². The van der Waals surface area contributed by atoms with Crippen molar-refractivity contribution in [3.05, 3.63) is 40.5 Å². The summed E-state index contributed by atoms with van der Waals surface area (Å²) in [6, 6.07) is 2.38. The number of carbonyl (C=O) groups excluding carboxylic acids is 1. The highest BCUT2D eigenvalue weighted by molar-refractivity contribution is 5.95. The van der Waals surface area contributed by atoms with E-state index in [2.05, 4.69) is 6.58 Å². The Labute approximate surface area is 115 Å². The quantitative estimate of drug-likeness (QED) is 0.330. The van der Waals surface area contributed by atoms with Gasteiger partial charge in [0.2, 0.25) is 0 Å². The van der Waals surface area contributed by atoms with Crippen LogP contribution in [0.3, 0.4) is 0 Å². The minimum Gasteiger partial charge on any atom is -0.493 e. The van der Waals surface area contributed by atoms with Gasteiger partial charge in [0.1, 0.15) is 12.2 Å². The number of methoxy groups -OCH3 is 1. The lowest BCUT2D eigenvalue weighted by molar-refractivity contribution is -0.385. The number of nitro groups is 1. The van der Waals surface area contributed by atoms with Gasteiger partial charge in [-0.1, -0.05) is 12.7 Å². The fourth-order valence-corrected chi connectivity index (χ4v) is 1.50. The van der Waals surface area contributed by atoms with Gasteiger partial charge in [0.05, 0.1) is 24.7 Å². The first-order chi connectivity index (χ1) is 9.54. The Kier molecular flexibility index (Phi) is 5.52. The maximum Gasteiger partial charge on any atom is 0.345 e. The average molecular weight is 281 g/mol. The Morgan fingerprint density at radius 3 is 2.65 bits per heavy atom. The fraction of sp³-hybridized carbons (Fsp3) is 0.308. The van der Waals surface area contributed by atoms with Crippen molar-refractivity contribution in [3.63, 3.8) is 0 Å². The summed E-state index contributed by atoms with van der Waals surface area (Å²) in [6.45, 7) is 5.41. The molecule has 0 radical (unpaired) electrons. The molecule has 0 unspecified atom stereocenters. The van der Waals surface area contributed by atoms with Gasteiger partial charge in [-0.25, -0.2) is 4.79 Å². The van der Waals surface area contributed by atoms with Crippen LogP contribution in [-0.2, 0) is 4.74 Å². The summed E-state index contributed by atoms with van der Waals surface area (Å²) in [4.78, 5) is 22.2. The predicted octanol–water partition coefficient (Wildman–Crippen LogP) is 2.34. The molecule has 0 atom stereocenters. The van der Waals surface area contributed by atoms with Crippen LogP contribution in [0.5, 0.6) is 11.5 Å². The van der Waals surface area contributed by atoms with E-state index < -0.39 is 16.6 Å². The third kappa shape index (κ3) is 3.47. The minimum atomic E-state index is -0.821. The van der Waals surface area contributed by atoms with Gasteiger partial charge in [-0.2, -0.15) is 0 Å². The first-order valence-electron chi connectivity index (χ1n) is 5.82.